The molecule has 1 aromatic carbocycles. The van der Waals surface area contributed by atoms with Gasteiger partial charge in [-0.15, -0.1) is 0 Å². The Morgan fingerprint density at radius 1 is 1.30 bits per heavy atom. The Morgan fingerprint density at radius 3 is 2.85 bits per heavy atom. The summed E-state index contributed by atoms with van der Waals surface area (Å²) in [7, 11) is 3.40. The van der Waals surface area contributed by atoms with Crippen molar-refractivity contribution in [1.29, 1.82) is 0 Å². The van der Waals surface area contributed by atoms with Crippen LogP contribution in [0.4, 0.5) is 0 Å². The van der Waals surface area contributed by atoms with E-state index in [2.05, 4.69) is 22.3 Å². The van der Waals surface area contributed by atoms with Gasteiger partial charge in [-0.3, -0.25) is 4.79 Å². The van der Waals surface area contributed by atoms with Crippen LogP contribution in [0.3, 0.4) is 0 Å². The van der Waals surface area contributed by atoms with E-state index in [-0.39, 0.29) is 5.91 Å². The van der Waals surface area contributed by atoms with Gasteiger partial charge in [-0.05, 0) is 18.6 Å². The minimum absolute atomic E-state index is 0.211. The van der Waals surface area contributed by atoms with Crippen molar-refractivity contribution in [3.05, 3.63) is 41.2 Å². The smallest absolute Gasteiger partial charge is 0.269 e. The molecule has 1 amide bonds. The normalized spacial score (nSPS) is 11.0. The van der Waals surface area contributed by atoms with Gasteiger partial charge in [-0.1, -0.05) is 43.5 Å². The molecule has 2 heterocycles. The van der Waals surface area contributed by atoms with E-state index in [1.165, 1.54) is 0 Å². The van der Waals surface area contributed by atoms with Crippen molar-refractivity contribution < 1.29 is 9.53 Å². The molecule has 0 aliphatic rings. The number of amides is 1. The quantitative estimate of drug-likeness (QED) is 0.617. The number of rotatable bonds is 7. The molecular formula is C20H23ClN4O2. The highest BCUT2D eigenvalue weighted by molar-refractivity contribution is 6.35. The van der Waals surface area contributed by atoms with E-state index in [1.807, 2.05) is 12.1 Å². The highest BCUT2D eigenvalue weighted by Gasteiger charge is 2.19. The minimum Gasteiger partial charge on any atom is -0.481 e. The summed E-state index contributed by atoms with van der Waals surface area (Å²) in [5.41, 5.74) is 2.51. The number of hydrogen-bond acceptors (Lipinski definition) is 4. The number of carbonyl (C=O) groups is 1. The fourth-order valence-electron chi connectivity index (χ4n) is 3.07. The number of nitrogens with zero attached hydrogens (tertiary/aromatic N) is 3. The van der Waals surface area contributed by atoms with E-state index in [0.717, 1.165) is 35.8 Å². The molecule has 2 aromatic heterocycles. The molecule has 7 heteroatoms. The Kier molecular flexibility index (Phi) is 5.96. The average molecular weight is 387 g/mol. The standard InChI is InChI=1S/C20H23ClN4O2/c1-4-5-6-10-22-19(26)17-11-14(15-12-23-25(2)20(15)27-3)13-8-7-9-16(21)18(13)24-17/h7-9,11-12H,4-6,10H2,1-3H3,(H,22,26). The van der Waals surface area contributed by atoms with Crippen molar-refractivity contribution in [3.8, 4) is 17.0 Å². The maximum Gasteiger partial charge on any atom is 0.269 e. The highest BCUT2D eigenvalue weighted by atomic mass is 35.5. The van der Waals surface area contributed by atoms with Gasteiger partial charge in [0.05, 0.1) is 29.4 Å². The van der Waals surface area contributed by atoms with Crippen LogP contribution in [0.5, 0.6) is 5.88 Å². The lowest BCUT2D eigenvalue weighted by Gasteiger charge is -2.11. The number of hydrogen-bond donors (Lipinski definition) is 1. The van der Waals surface area contributed by atoms with Crippen LogP contribution in [0.1, 0.15) is 36.7 Å². The Balaban J connectivity index is 2.09. The summed E-state index contributed by atoms with van der Waals surface area (Å²) in [6.45, 7) is 2.75. The molecule has 0 saturated carbocycles. The van der Waals surface area contributed by atoms with Crippen LogP contribution in [-0.4, -0.2) is 34.3 Å². The topological polar surface area (TPSA) is 69.0 Å². The zero-order valence-corrected chi connectivity index (χ0v) is 16.5. The van der Waals surface area contributed by atoms with Crippen LogP contribution in [0, 0.1) is 0 Å². The number of carbonyl (C=O) groups excluding carboxylic acids is 1. The summed E-state index contributed by atoms with van der Waals surface area (Å²) in [6, 6.07) is 7.33. The number of aryl methyl sites for hydroxylation is 1. The monoisotopic (exact) mass is 386 g/mol. The Bertz CT molecular complexity index is 968. The molecule has 0 aliphatic heterocycles. The number of unbranched alkanes of at least 4 members (excludes halogenated alkanes) is 2. The van der Waals surface area contributed by atoms with Crippen molar-refractivity contribution in [2.24, 2.45) is 7.05 Å². The number of nitrogens with one attached hydrogen (secondary N) is 1. The Hall–Kier alpha value is -2.60. The maximum absolute atomic E-state index is 12.6. The van der Waals surface area contributed by atoms with Gasteiger partial charge in [0.25, 0.3) is 5.91 Å². The van der Waals surface area contributed by atoms with Gasteiger partial charge in [0.2, 0.25) is 5.88 Å². The van der Waals surface area contributed by atoms with Gasteiger partial charge in [-0.25, -0.2) is 9.67 Å². The summed E-state index contributed by atoms with van der Waals surface area (Å²) >= 11 is 6.37. The predicted octanol–water partition coefficient (Wildman–Crippen LogP) is 4.22. The van der Waals surface area contributed by atoms with E-state index in [0.29, 0.717) is 28.7 Å². The maximum atomic E-state index is 12.6. The molecule has 0 unspecified atom stereocenters. The lowest BCUT2D eigenvalue weighted by molar-refractivity contribution is 0.0948. The highest BCUT2D eigenvalue weighted by Crippen LogP contribution is 2.36. The Morgan fingerprint density at radius 2 is 2.11 bits per heavy atom. The summed E-state index contributed by atoms with van der Waals surface area (Å²) in [5.74, 6) is 0.397. The van der Waals surface area contributed by atoms with Gasteiger partial charge in [0.15, 0.2) is 0 Å². The van der Waals surface area contributed by atoms with Crippen LogP contribution in [-0.2, 0) is 7.05 Å². The molecule has 6 nitrogen and oxygen atoms in total. The lowest BCUT2D eigenvalue weighted by Crippen LogP contribution is -2.25. The summed E-state index contributed by atoms with van der Waals surface area (Å²) in [6.07, 6.45) is 4.84. The SMILES string of the molecule is CCCCCNC(=O)c1cc(-c2cnn(C)c2OC)c2cccc(Cl)c2n1. The van der Waals surface area contributed by atoms with Gasteiger partial charge < -0.3 is 10.1 Å². The van der Waals surface area contributed by atoms with Crippen LogP contribution < -0.4 is 10.1 Å². The number of benzene rings is 1. The number of fused-ring (bicyclic) bond motifs is 1. The van der Waals surface area contributed by atoms with Crippen molar-refractivity contribution >= 4 is 28.4 Å². The van der Waals surface area contributed by atoms with Crippen LogP contribution in [0.15, 0.2) is 30.5 Å². The third-order valence-electron chi connectivity index (χ3n) is 4.46. The molecule has 0 bridgehead atoms. The fourth-order valence-corrected chi connectivity index (χ4v) is 3.29. The summed E-state index contributed by atoms with van der Waals surface area (Å²) < 4.78 is 7.14. The van der Waals surface area contributed by atoms with Gasteiger partial charge in [0.1, 0.15) is 5.69 Å². The summed E-state index contributed by atoms with van der Waals surface area (Å²) in [5, 5.41) is 8.55. The number of ether oxygens (including phenoxy) is 1. The van der Waals surface area contributed by atoms with Crippen LogP contribution in [0.25, 0.3) is 22.0 Å². The van der Waals surface area contributed by atoms with E-state index >= 15 is 0 Å². The molecule has 0 spiro atoms. The predicted molar refractivity (Wildman–Crippen MR) is 107 cm³/mol. The second-order valence-corrected chi connectivity index (χ2v) is 6.75. The molecule has 27 heavy (non-hydrogen) atoms. The number of methoxy groups -OCH3 is 1. The third-order valence-corrected chi connectivity index (χ3v) is 4.76. The third kappa shape index (κ3) is 3.90. The number of pyridine rings is 1. The van der Waals surface area contributed by atoms with Gasteiger partial charge in [0, 0.05) is 24.5 Å². The van der Waals surface area contributed by atoms with Crippen LogP contribution in [0.2, 0.25) is 5.02 Å². The van der Waals surface area contributed by atoms with Crippen molar-refractivity contribution in [2.75, 3.05) is 13.7 Å². The lowest BCUT2D eigenvalue weighted by atomic mass is 10.0. The largest absolute Gasteiger partial charge is 0.481 e. The Labute approximate surface area is 163 Å². The average Bonchev–Trinajstić information content (AvgIpc) is 3.05. The zero-order chi connectivity index (χ0) is 19.4. The first-order valence-corrected chi connectivity index (χ1v) is 9.38. The van der Waals surface area contributed by atoms with Crippen LogP contribution >= 0.6 is 11.6 Å². The van der Waals surface area contributed by atoms with E-state index in [4.69, 9.17) is 16.3 Å². The summed E-state index contributed by atoms with van der Waals surface area (Å²) in [4.78, 5) is 17.1. The van der Waals surface area contributed by atoms with E-state index in [1.54, 1.807) is 37.2 Å². The molecule has 0 atom stereocenters. The van der Waals surface area contributed by atoms with Crippen molar-refractivity contribution in [1.82, 2.24) is 20.1 Å². The van der Waals surface area contributed by atoms with E-state index < -0.39 is 0 Å². The first-order chi connectivity index (χ1) is 13.1. The number of aromatic nitrogens is 3. The van der Waals surface area contributed by atoms with Crippen molar-refractivity contribution in [2.45, 2.75) is 26.2 Å². The van der Waals surface area contributed by atoms with Gasteiger partial charge >= 0.3 is 0 Å². The van der Waals surface area contributed by atoms with Crippen molar-refractivity contribution in [3.63, 3.8) is 0 Å². The van der Waals surface area contributed by atoms with E-state index in [9.17, 15) is 4.79 Å². The molecule has 3 aromatic rings. The molecule has 0 radical (unpaired) electrons. The second kappa shape index (κ2) is 8.39. The zero-order valence-electron chi connectivity index (χ0n) is 15.8. The fraction of sp³-hybridized carbons (Fsp3) is 0.350. The van der Waals surface area contributed by atoms with Gasteiger partial charge in [-0.2, -0.15) is 5.10 Å². The molecular weight excluding hydrogens is 364 g/mol. The second-order valence-electron chi connectivity index (χ2n) is 6.35. The molecule has 142 valence electrons. The molecule has 3 rings (SSSR count). The molecule has 0 fully saturated rings. The first-order valence-electron chi connectivity index (χ1n) is 9.00. The number of para-hydroxylation sites is 1. The first kappa shape index (κ1) is 19.2. The number of halogens is 1. The molecule has 0 aliphatic carbocycles. The molecule has 0 saturated heterocycles. The molecule has 1 N–H and O–H groups in total. The minimum atomic E-state index is -0.211.